The maximum absolute atomic E-state index is 6.09. The van der Waals surface area contributed by atoms with Crippen LogP contribution in [-0.4, -0.2) is 17.6 Å². The highest BCUT2D eigenvalue weighted by Gasteiger charge is 2.25. The first-order valence-corrected chi connectivity index (χ1v) is 7.21. The number of nitrogens with one attached hydrogen (secondary N) is 1. The van der Waals surface area contributed by atoms with E-state index in [-0.39, 0.29) is 0 Å². The lowest BCUT2D eigenvalue weighted by atomic mass is 9.85. The zero-order chi connectivity index (χ0) is 12.8. The van der Waals surface area contributed by atoms with Crippen LogP contribution in [0.3, 0.4) is 0 Å². The van der Waals surface area contributed by atoms with Crippen LogP contribution in [0.1, 0.15) is 46.0 Å². The number of anilines is 1. The lowest BCUT2D eigenvalue weighted by molar-refractivity contribution is 0.0860. The van der Waals surface area contributed by atoms with Gasteiger partial charge >= 0.3 is 0 Å². The van der Waals surface area contributed by atoms with Crippen LogP contribution >= 0.6 is 0 Å². The average molecular weight is 248 g/mol. The van der Waals surface area contributed by atoms with Crippen molar-refractivity contribution in [2.75, 3.05) is 11.9 Å². The smallest absolute Gasteiger partial charge is 0.215 e. The van der Waals surface area contributed by atoms with Crippen LogP contribution in [0, 0.1) is 5.92 Å². The molecule has 0 spiro atoms. The number of aromatic nitrogens is 1. The number of hydrogen-bond donors (Lipinski definition) is 1. The molecule has 1 saturated carbocycles. The van der Waals surface area contributed by atoms with Gasteiger partial charge in [0.15, 0.2) is 0 Å². The Morgan fingerprint density at radius 3 is 2.89 bits per heavy atom. The van der Waals surface area contributed by atoms with Crippen molar-refractivity contribution in [2.45, 2.75) is 52.1 Å². The summed E-state index contributed by atoms with van der Waals surface area (Å²) in [7, 11) is 0. The van der Waals surface area contributed by atoms with E-state index in [1.807, 2.05) is 18.2 Å². The fourth-order valence-corrected chi connectivity index (χ4v) is 2.71. The second-order valence-corrected chi connectivity index (χ2v) is 5.00. The maximum Gasteiger partial charge on any atom is 0.215 e. The zero-order valence-corrected chi connectivity index (χ0v) is 11.5. The van der Waals surface area contributed by atoms with Crippen molar-refractivity contribution in [3.05, 3.63) is 18.2 Å². The molecule has 2 unspecified atom stereocenters. The second-order valence-electron chi connectivity index (χ2n) is 5.00. The third-order valence-electron chi connectivity index (χ3n) is 3.72. The molecule has 1 heterocycles. The van der Waals surface area contributed by atoms with Gasteiger partial charge in [-0.05, 0) is 44.6 Å². The Bertz CT molecular complexity index is 367. The molecule has 1 N–H and O–H groups in total. The lowest BCUT2D eigenvalue weighted by Gasteiger charge is -2.30. The monoisotopic (exact) mass is 248 g/mol. The lowest BCUT2D eigenvalue weighted by Crippen LogP contribution is -2.30. The molecule has 0 radical (unpaired) electrons. The molecule has 100 valence electrons. The summed E-state index contributed by atoms with van der Waals surface area (Å²) < 4.78 is 6.09. The topological polar surface area (TPSA) is 34.1 Å². The normalized spacial score (nSPS) is 23.7. The van der Waals surface area contributed by atoms with Crippen molar-refractivity contribution in [1.82, 2.24) is 4.98 Å². The van der Waals surface area contributed by atoms with Crippen molar-refractivity contribution in [2.24, 2.45) is 5.92 Å². The first-order chi connectivity index (χ1) is 8.83. The Kier molecular flexibility index (Phi) is 4.85. The number of hydrogen-bond acceptors (Lipinski definition) is 3. The molecule has 1 aromatic rings. The van der Waals surface area contributed by atoms with Crippen LogP contribution < -0.4 is 10.1 Å². The van der Waals surface area contributed by atoms with E-state index in [2.05, 4.69) is 24.1 Å². The van der Waals surface area contributed by atoms with Gasteiger partial charge in [0.1, 0.15) is 11.9 Å². The number of rotatable bonds is 5. The van der Waals surface area contributed by atoms with Gasteiger partial charge in [0.25, 0.3) is 0 Å². The van der Waals surface area contributed by atoms with Crippen molar-refractivity contribution in [3.8, 4) is 5.88 Å². The van der Waals surface area contributed by atoms with Crippen molar-refractivity contribution < 1.29 is 4.74 Å². The molecular formula is C15H24N2O. The van der Waals surface area contributed by atoms with E-state index < -0.39 is 0 Å². The third kappa shape index (κ3) is 3.37. The highest BCUT2D eigenvalue weighted by atomic mass is 16.5. The van der Waals surface area contributed by atoms with Gasteiger partial charge in [-0.25, -0.2) is 0 Å². The molecule has 2 atom stereocenters. The number of nitrogens with zero attached hydrogens (tertiary/aromatic N) is 1. The van der Waals surface area contributed by atoms with Gasteiger partial charge in [-0.2, -0.15) is 4.98 Å². The molecule has 1 aromatic heterocycles. The maximum atomic E-state index is 6.09. The Morgan fingerprint density at radius 1 is 1.28 bits per heavy atom. The van der Waals surface area contributed by atoms with Crippen LogP contribution in [0.25, 0.3) is 0 Å². The molecule has 1 aliphatic carbocycles. The zero-order valence-electron chi connectivity index (χ0n) is 11.5. The summed E-state index contributed by atoms with van der Waals surface area (Å²) in [4.78, 5) is 4.49. The Balaban J connectivity index is 2.00. The van der Waals surface area contributed by atoms with Gasteiger partial charge in [-0.3, -0.25) is 0 Å². The van der Waals surface area contributed by atoms with Gasteiger partial charge in [0.05, 0.1) is 0 Å². The van der Waals surface area contributed by atoms with Crippen molar-refractivity contribution in [1.29, 1.82) is 0 Å². The van der Waals surface area contributed by atoms with Gasteiger partial charge < -0.3 is 10.1 Å². The third-order valence-corrected chi connectivity index (χ3v) is 3.72. The van der Waals surface area contributed by atoms with Crippen LogP contribution in [-0.2, 0) is 0 Å². The SMILES string of the molecule is CCNc1cccc(OC2CCCCC2CC)n1. The first-order valence-electron chi connectivity index (χ1n) is 7.21. The summed E-state index contributed by atoms with van der Waals surface area (Å²) in [5.41, 5.74) is 0. The van der Waals surface area contributed by atoms with E-state index in [1.165, 1.54) is 32.1 Å². The molecule has 3 heteroatoms. The summed E-state index contributed by atoms with van der Waals surface area (Å²) >= 11 is 0. The van der Waals surface area contributed by atoms with Crippen LogP contribution in [0.4, 0.5) is 5.82 Å². The van der Waals surface area contributed by atoms with Gasteiger partial charge in [-0.1, -0.05) is 19.4 Å². The fourth-order valence-electron chi connectivity index (χ4n) is 2.71. The van der Waals surface area contributed by atoms with Crippen LogP contribution in [0.2, 0.25) is 0 Å². The Hall–Kier alpha value is -1.25. The Labute approximate surface area is 110 Å². The van der Waals surface area contributed by atoms with Crippen molar-refractivity contribution >= 4 is 5.82 Å². The van der Waals surface area contributed by atoms with Crippen LogP contribution in [0.5, 0.6) is 5.88 Å². The summed E-state index contributed by atoms with van der Waals surface area (Å²) in [6, 6.07) is 5.95. The number of ether oxygens (including phenoxy) is 1. The molecular weight excluding hydrogens is 224 g/mol. The minimum Gasteiger partial charge on any atom is -0.474 e. The average Bonchev–Trinajstić information content (AvgIpc) is 2.40. The molecule has 0 aromatic carbocycles. The molecule has 1 fully saturated rings. The standard InChI is InChI=1S/C15H24N2O/c1-3-12-8-5-6-9-13(12)18-15-11-7-10-14(17-15)16-4-2/h7,10-13H,3-6,8-9H2,1-2H3,(H,16,17). The quantitative estimate of drug-likeness (QED) is 0.859. The van der Waals surface area contributed by atoms with E-state index in [0.29, 0.717) is 12.0 Å². The summed E-state index contributed by atoms with van der Waals surface area (Å²) in [5.74, 6) is 2.36. The highest BCUT2D eigenvalue weighted by Crippen LogP contribution is 2.30. The van der Waals surface area contributed by atoms with E-state index in [0.717, 1.165) is 18.2 Å². The Morgan fingerprint density at radius 2 is 2.11 bits per heavy atom. The highest BCUT2D eigenvalue weighted by molar-refractivity contribution is 5.36. The second kappa shape index (κ2) is 6.62. The summed E-state index contributed by atoms with van der Waals surface area (Å²) in [5, 5.41) is 3.22. The fraction of sp³-hybridized carbons (Fsp3) is 0.667. The minimum absolute atomic E-state index is 0.355. The van der Waals surface area contributed by atoms with E-state index in [1.54, 1.807) is 0 Å². The summed E-state index contributed by atoms with van der Waals surface area (Å²) in [6.07, 6.45) is 6.67. The molecule has 0 aliphatic heterocycles. The molecule has 1 aliphatic rings. The first kappa shape index (κ1) is 13.2. The van der Waals surface area contributed by atoms with Gasteiger partial charge in [0, 0.05) is 12.6 Å². The molecule has 18 heavy (non-hydrogen) atoms. The van der Waals surface area contributed by atoms with E-state index in [9.17, 15) is 0 Å². The van der Waals surface area contributed by atoms with Crippen LogP contribution in [0.15, 0.2) is 18.2 Å². The van der Waals surface area contributed by atoms with Crippen molar-refractivity contribution in [3.63, 3.8) is 0 Å². The van der Waals surface area contributed by atoms with Gasteiger partial charge in [-0.15, -0.1) is 0 Å². The predicted octanol–water partition coefficient (Wildman–Crippen LogP) is 3.86. The molecule has 0 amide bonds. The largest absolute Gasteiger partial charge is 0.474 e. The molecule has 2 rings (SSSR count). The molecule has 3 nitrogen and oxygen atoms in total. The molecule has 0 saturated heterocycles. The van der Waals surface area contributed by atoms with E-state index in [4.69, 9.17) is 4.74 Å². The minimum atomic E-state index is 0.355. The number of pyridine rings is 1. The van der Waals surface area contributed by atoms with Gasteiger partial charge in [0.2, 0.25) is 5.88 Å². The predicted molar refractivity (Wildman–Crippen MR) is 75.1 cm³/mol. The molecule has 0 bridgehead atoms. The summed E-state index contributed by atoms with van der Waals surface area (Å²) in [6.45, 7) is 5.22. The van der Waals surface area contributed by atoms with E-state index >= 15 is 0 Å².